The summed E-state index contributed by atoms with van der Waals surface area (Å²) in [6, 6.07) is 6.60. The number of alkyl halides is 3. The van der Waals surface area contributed by atoms with Gasteiger partial charge in [-0.3, -0.25) is 4.79 Å². The predicted molar refractivity (Wildman–Crippen MR) is 76.1 cm³/mol. The quantitative estimate of drug-likeness (QED) is 0.816. The van der Waals surface area contributed by atoms with E-state index in [4.69, 9.17) is 22.7 Å². The molecule has 4 nitrogen and oxygen atoms in total. The van der Waals surface area contributed by atoms with Crippen LogP contribution in [0.3, 0.4) is 0 Å². The summed E-state index contributed by atoms with van der Waals surface area (Å²) in [4.78, 5) is 12.8. The lowest BCUT2D eigenvalue weighted by Crippen LogP contribution is -2.34. The first-order chi connectivity index (χ1) is 9.70. The van der Waals surface area contributed by atoms with Gasteiger partial charge in [-0.05, 0) is 12.1 Å². The van der Waals surface area contributed by atoms with Gasteiger partial charge in [-0.1, -0.05) is 24.4 Å². The number of carbonyl (C=O) groups excluding carboxylic acids is 1. The molecule has 21 heavy (non-hydrogen) atoms. The van der Waals surface area contributed by atoms with Crippen molar-refractivity contribution in [3.8, 4) is 5.75 Å². The van der Waals surface area contributed by atoms with Gasteiger partial charge in [-0.2, -0.15) is 13.2 Å². The van der Waals surface area contributed by atoms with E-state index in [2.05, 4.69) is 0 Å². The van der Waals surface area contributed by atoms with Crippen molar-refractivity contribution >= 4 is 23.1 Å². The van der Waals surface area contributed by atoms with Crippen LogP contribution in [-0.2, 0) is 4.79 Å². The number of amides is 1. The average molecular weight is 320 g/mol. The molecule has 0 aliphatic carbocycles. The van der Waals surface area contributed by atoms with Crippen molar-refractivity contribution in [3.05, 3.63) is 29.8 Å². The molecule has 1 amide bonds. The Bertz CT molecular complexity index is 520. The minimum atomic E-state index is -4.30. The number of ether oxygens (including phenoxy) is 1. The zero-order valence-electron chi connectivity index (χ0n) is 11.3. The maximum atomic E-state index is 12.1. The van der Waals surface area contributed by atoms with Gasteiger partial charge in [0, 0.05) is 13.6 Å². The van der Waals surface area contributed by atoms with Gasteiger partial charge in [-0.15, -0.1) is 0 Å². The number of halogens is 3. The summed E-state index contributed by atoms with van der Waals surface area (Å²) in [6.45, 7) is -0.795. The summed E-state index contributed by atoms with van der Waals surface area (Å²) >= 11 is 4.84. The van der Waals surface area contributed by atoms with E-state index in [1.54, 1.807) is 24.3 Å². The summed E-state index contributed by atoms with van der Waals surface area (Å²) < 4.78 is 41.5. The predicted octanol–water partition coefficient (Wildman–Crippen LogP) is 2.11. The largest absolute Gasteiger partial charge is 0.483 e. The van der Waals surface area contributed by atoms with Crippen molar-refractivity contribution in [1.82, 2.24) is 4.90 Å². The highest BCUT2D eigenvalue weighted by Crippen LogP contribution is 2.20. The second-order valence-corrected chi connectivity index (χ2v) is 4.77. The molecule has 8 heteroatoms. The molecule has 0 bridgehead atoms. The zero-order valence-corrected chi connectivity index (χ0v) is 12.1. The molecule has 0 radical (unpaired) electrons. The Balaban J connectivity index is 2.55. The number of hydrogen-bond acceptors (Lipinski definition) is 3. The molecule has 0 saturated carbocycles. The molecule has 116 valence electrons. The van der Waals surface area contributed by atoms with Crippen LogP contribution >= 0.6 is 12.2 Å². The van der Waals surface area contributed by atoms with Gasteiger partial charge < -0.3 is 15.4 Å². The van der Waals surface area contributed by atoms with Crippen LogP contribution in [0.2, 0.25) is 0 Å². The normalized spacial score (nSPS) is 11.0. The maximum Gasteiger partial charge on any atom is 0.390 e. The first-order valence-corrected chi connectivity index (χ1v) is 6.44. The van der Waals surface area contributed by atoms with Crippen LogP contribution in [0.25, 0.3) is 0 Å². The van der Waals surface area contributed by atoms with Crippen LogP contribution in [0.15, 0.2) is 24.3 Å². The summed E-state index contributed by atoms with van der Waals surface area (Å²) in [5, 5.41) is 0. The standard InChI is InChI=1S/C13H15F3N2O2S/c1-18(7-6-13(14,15)16)11(19)8-20-10-5-3-2-4-9(10)12(17)21/h2-5H,6-8H2,1H3,(H2,17,21). The lowest BCUT2D eigenvalue weighted by molar-refractivity contribution is -0.145. The van der Waals surface area contributed by atoms with Crippen LogP contribution in [0.1, 0.15) is 12.0 Å². The molecule has 0 aromatic heterocycles. The Kier molecular flexibility index (Phi) is 5.95. The third-order valence-electron chi connectivity index (χ3n) is 2.66. The summed E-state index contributed by atoms with van der Waals surface area (Å²) in [6.07, 6.45) is -5.35. The molecule has 1 aromatic carbocycles. The number of rotatable bonds is 6. The van der Waals surface area contributed by atoms with Gasteiger partial charge in [0.05, 0.1) is 12.0 Å². The summed E-state index contributed by atoms with van der Waals surface area (Å²) in [7, 11) is 1.29. The molecule has 0 aliphatic rings. The minimum Gasteiger partial charge on any atom is -0.483 e. The molecular formula is C13H15F3N2O2S. The van der Waals surface area contributed by atoms with Gasteiger partial charge in [-0.25, -0.2) is 0 Å². The molecule has 0 heterocycles. The Morgan fingerprint density at radius 2 is 2.00 bits per heavy atom. The van der Waals surface area contributed by atoms with Crippen molar-refractivity contribution in [2.24, 2.45) is 5.73 Å². The van der Waals surface area contributed by atoms with Crippen molar-refractivity contribution in [3.63, 3.8) is 0 Å². The maximum absolute atomic E-state index is 12.1. The van der Waals surface area contributed by atoms with Crippen LogP contribution < -0.4 is 10.5 Å². The Hall–Kier alpha value is -1.83. The third-order valence-corrected chi connectivity index (χ3v) is 2.88. The first kappa shape index (κ1) is 17.2. The summed E-state index contributed by atoms with van der Waals surface area (Å²) in [5.41, 5.74) is 5.98. The van der Waals surface area contributed by atoms with Gasteiger partial charge in [0.2, 0.25) is 0 Å². The highest BCUT2D eigenvalue weighted by molar-refractivity contribution is 7.80. The topological polar surface area (TPSA) is 55.6 Å². The lowest BCUT2D eigenvalue weighted by Gasteiger charge is -2.18. The molecule has 0 atom stereocenters. The van der Waals surface area contributed by atoms with Crippen molar-refractivity contribution in [2.75, 3.05) is 20.2 Å². The van der Waals surface area contributed by atoms with Crippen LogP contribution in [0, 0.1) is 0 Å². The SMILES string of the molecule is CN(CCC(F)(F)F)C(=O)COc1ccccc1C(N)=S. The first-order valence-electron chi connectivity index (χ1n) is 6.03. The van der Waals surface area contributed by atoms with E-state index < -0.39 is 25.0 Å². The molecule has 1 rings (SSSR count). The number of carbonyl (C=O) groups is 1. The Labute approximate surface area is 125 Å². The molecule has 0 saturated heterocycles. The van der Waals surface area contributed by atoms with Crippen molar-refractivity contribution < 1.29 is 22.7 Å². The fourth-order valence-electron chi connectivity index (χ4n) is 1.46. The molecule has 1 aromatic rings. The average Bonchev–Trinajstić information content (AvgIpc) is 2.41. The molecule has 0 spiro atoms. The molecule has 2 N–H and O–H groups in total. The van der Waals surface area contributed by atoms with Crippen molar-refractivity contribution in [1.29, 1.82) is 0 Å². The Morgan fingerprint density at radius 3 is 2.57 bits per heavy atom. The number of nitrogens with two attached hydrogens (primary N) is 1. The van der Waals surface area contributed by atoms with E-state index in [0.717, 1.165) is 4.90 Å². The van der Waals surface area contributed by atoms with Gasteiger partial charge in [0.25, 0.3) is 5.91 Å². The zero-order chi connectivity index (χ0) is 16.0. The monoisotopic (exact) mass is 320 g/mol. The fourth-order valence-corrected chi connectivity index (χ4v) is 1.63. The number of thiocarbonyl (C=S) groups is 1. The highest BCUT2D eigenvalue weighted by atomic mass is 32.1. The van der Waals surface area contributed by atoms with E-state index in [1.165, 1.54) is 7.05 Å². The molecule has 0 fully saturated rings. The minimum absolute atomic E-state index is 0.114. The number of benzene rings is 1. The van der Waals surface area contributed by atoms with E-state index >= 15 is 0 Å². The van der Waals surface area contributed by atoms with E-state index in [0.29, 0.717) is 11.3 Å². The number of likely N-dealkylation sites (N-methyl/N-ethyl adjacent to an activating group) is 1. The highest BCUT2D eigenvalue weighted by Gasteiger charge is 2.28. The second kappa shape index (κ2) is 7.26. The number of hydrogen-bond donors (Lipinski definition) is 1. The van der Waals surface area contributed by atoms with E-state index in [-0.39, 0.29) is 11.6 Å². The van der Waals surface area contributed by atoms with Crippen molar-refractivity contribution in [2.45, 2.75) is 12.6 Å². The third kappa shape index (κ3) is 5.99. The van der Waals surface area contributed by atoms with E-state index in [9.17, 15) is 18.0 Å². The lowest BCUT2D eigenvalue weighted by atomic mass is 10.2. The van der Waals surface area contributed by atoms with Gasteiger partial charge in [0.1, 0.15) is 10.7 Å². The Morgan fingerprint density at radius 1 is 1.38 bits per heavy atom. The van der Waals surface area contributed by atoms with Crippen LogP contribution in [0.4, 0.5) is 13.2 Å². The fraction of sp³-hybridized carbons (Fsp3) is 0.385. The number of nitrogens with zero attached hydrogens (tertiary/aromatic N) is 1. The molecular weight excluding hydrogens is 305 g/mol. The number of para-hydroxylation sites is 1. The van der Waals surface area contributed by atoms with Crippen LogP contribution in [-0.4, -0.2) is 42.2 Å². The van der Waals surface area contributed by atoms with Gasteiger partial charge >= 0.3 is 6.18 Å². The second-order valence-electron chi connectivity index (χ2n) is 4.33. The molecule has 0 unspecified atom stereocenters. The van der Waals surface area contributed by atoms with E-state index in [1.807, 2.05) is 0 Å². The smallest absolute Gasteiger partial charge is 0.390 e. The van der Waals surface area contributed by atoms with Gasteiger partial charge in [0.15, 0.2) is 6.61 Å². The summed E-state index contributed by atoms with van der Waals surface area (Å²) in [5.74, 6) is -0.237. The molecule has 0 aliphatic heterocycles. The van der Waals surface area contributed by atoms with Crippen LogP contribution in [0.5, 0.6) is 5.75 Å².